The number of rotatable bonds is 6. The molecule has 0 radical (unpaired) electrons. The number of benzene rings is 1. The molecule has 3 heterocycles. The Morgan fingerprint density at radius 2 is 1.97 bits per heavy atom. The predicted molar refractivity (Wildman–Crippen MR) is 125 cm³/mol. The number of pyridine rings is 2. The molecule has 0 aliphatic carbocycles. The van der Waals surface area contributed by atoms with Crippen molar-refractivity contribution in [2.75, 3.05) is 18.8 Å². The first-order valence-electron chi connectivity index (χ1n) is 10.9. The Morgan fingerprint density at radius 1 is 1.21 bits per heavy atom. The van der Waals surface area contributed by atoms with Crippen LogP contribution in [-0.4, -0.2) is 50.6 Å². The van der Waals surface area contributed by atoms with Crippen molar-refractivity contribution < 1.29 is 14.7 Å². The van der Waals surface area contributed by atoms with E-state index in [1.165, 1.54) is 10.6 Å². The van der Waals surface area contributed by atoms with Crippen molar-refractivity contribution in [3.63, 3.8) is 0 Å². The number of nitrogens with one attached hydrogen (secondary N) is 1. The van der Waals surface area contributed by atoms with Crippen LogP contribution in [0.15, 0.2) is 47.3 Å². The van der Waals surface area contributed by atoms with Gasteiger partial charge in [0, 0.05) is 38.0 Å². The van der Waals surface area contributed by atoms with Crippen molar-refractivity contribution in [3.05, 3.63) is 69.5 Å². The van der Waals surface area contributed by atoms with Crippen molar-refractivity contribution in [2.24, 2.45) is 0 Å². The van der Waals surface area contributed by atoms with Crippen LogP contribution in [-0.2, 0) is 17.9 Å². The molecule has 172 valence electrons. The van der Waals surface area contributed by atoms with E-state index in [-0.39, 0.29) is 36.8 Å². The maximum atomic E-state index is 13.2. The van der Waals surface area contributed by atoms with Crippen LogP contribution in [0.2, 0.25) is 0 Å². The van der Waals surface area contributed by atoms with Gasteiger partial charge in [-0.2, -0.15) is 0 Å². The number of aliphatic hydroxyl groups excluding tert-OH is 1. The lowest BCUT2D eigenvalue weighted by Gasteiger charge is -2.17. The van der Waals surface area contributed by atoms with E-state index in [2.05, 4.69) is 10.3 Å². The Bertz CT molecular complexity index is 1250. The number of hydrogen-bond acceptors (Lipinski definition) is 6. The number of fused-ring (bicyclic) bond motifs is 1. The Morgan fingerprint density at radius 3 is 2.67 bits per heavy atom. The number of carbonyl (C=O) groups is 2. The number of anilines is 1. The number of hydrogen-bond donors (Lipinski definition) is 3. The molecule has 1 fully saturated rings. The summed E-state index contributed by atoms with van der Waals surface area (Å²) in [5, 5.41) is 13.0. The van der Waals surface area contributed by atoms with Crippen molar-refractivity contribution in [1.82, 2.24) is 19.8 Å². The highest BCUT2D eigenvalue weighted by molar-refractivity contribution is 5.97. The van der Waals surface area contributed by atoms with Gasteiger partial charge >= 0.3 is 0 Å². The Labute approximate surface area is 190 Å². The van der Waals surface area contributed by atoms with Crippen molar-refractivity contribution in [3.8, 4) is 0 Å². The van der Waals surface area contributed by atoms with Crippen LogP contribution in [0.5, 0.6) is 0 Å². The van der Waals surface area contributed by atoms with Gasteiger partial charge in [0.1, 0.15) is 17.0 Å². The number of nitrogens with zero attached hydrogens (tertiary/aromatic N) is 3. The third-order valence-electron chi connectivity index (χ3n) is 5.84. The normalized spacial score (nSPS) is 15.7. The lowest BCUT2D eigenvalue weighted by atomic mass is 10.1. The Balaban J connectivity index is 1.59. The smallest absolute Gasteiger partial charge is 0.265 e. The summed E-state index contributed by atoms with van der Waals surface area (Å²) in [5.74, 6) is -0.423. The third-order valence-corrected chi connectivity index (χ3v) is 5.84. The second-order valence-electron chi connectivity index (χ2n) is 8.36. The molecule has 33 heavy (non-hydrogen) atoms. The summed E-state index contributed by atoms with van der Waals surface area (Å²) < 4.78 is 1.33. The van der Waals surface area contributed by atoms with Gasteiger partial charge < -0.3 is 21.1 Å². The van der Waals surface area contributed by atoms with Gasteiger partial charge in [0.15, 0.2) is 0 Å². The van der Waals surface area contributed by atoms with Gasteiger partial charge in [0.05, 0.1) is 6.10 Å². The molecule has 2 amide bonds. The number of aliphatic hydroxyl groups is 1. The van der Waals surface area contributed by atoms with E-state index in [0.717, 1.165) is 11.1 Å². The monoisotopic (exact) mass is 449 g/mol. The van der Waals surface area contributed by atoms with Crippen LogP contribution in [0.3, 0.4) is 0 Å². The number of nitrogen functional groups attached to an aromatic ring is 1. The van der Waals surface area contributed by atoms with Crippen LogP contribution in [0.4, 0.5) is 5.82 Å². The van der Waals surface area contributed by atoms with Crippen LogP contribution in [0, 0.1) is 6.92 Å². The van der Waals surface area contributed by atoms with Crippen molar-refractivity contribution in [1.29, 1.82) is 0 Å². The number of likely N-dealkylation sites (tertiary alicyclic amines) is 1. The van der Waals surface area contributed by atoms with Crippen molar-refractivity contribution in [2.45, 2.75) is 39.0 Å². The fraction of sp³-hybridized carbons (Fsp3) is 0.333. The molecular weight excluding hydrogens is 422 g/mol. The maximum Gasteiger partial charge on any atom is 0.265 e. The first-order valence-corrected chi connectivity index (χ1v) is 10.9. The molecule has 9 nitrogen and oxygen atoms in total. The van der Waals surface area contributed by atoms with Crippen molar-refractivity contribution >= 4 is 28.7 Å². The first kappa shape index (κ1) is 22.5. The standard InChI is InChI=1S/C24H27N5O4/c1-15-2-4-16(5-3-15)13-26-23(32)19-12-17-6-7-20(25)27-22(17)29(24(19)33)11-9-21(31)28-10-8-18(30)14-28/h2-7,12,18,30H,8-11,13-14H2,1H3,(H2,25,27)(H,26,32). The van der Waals surface area contributed by atoms with Crippen LogP contribution < -0.4 is 16.6 Å². The summed E-state index contributed by atoms with van der Waals surface area (Å²) in [4.78, 5) is 44.5. The molecule has 4 N–H and O–H groups in total. The summed E-state index contributed by atoms with van der Waals surface area (Å²) in [6, 6.07) is 12.5. The lowest BCUT2D eigenvalue weighted by Crippen LogP contribution is -2.35. The summed E-state index contributed by atoms with van der Waals surface area (Å²) in [7, 11) is 0. The molecule has 1 aliphatic heterocycles. The Hall–Kier alpha value is -3.72. The van der Waals surface area contributed by atoms with Crippen LogP contribution in [0.25, 0.3) is 11.0 Å². The second-order valence-corrected chi connectivity index (χ2v) is 8.36. The van der Waals surface area contributed by atoms with Gasteiger partial charge in [-0.1, -0.05) is 29.8 Å². The van der Waals surface area contributed by atoms with Gasteiger partial charge in [-0.3, -0.25) is 19.0 Å². The predicted octanol–water partition coefficient (Wildman–Crippen LogP) is 1.20. The second kappa shape index (κ2) is 9.41. The molecule has 2 aromatic heterocycles. The zero-order valence-electron chi connectivity index (χ0n) is 18.5. The third kappa shape index (κ3) is 5.04. The van der Waals surface area contributed by atoms with E-state index in [0.29, 0.717) is 30.5 Å². The quantitative estimate of drug-likeness (QED) is 0.518. The topological polar surface area (TPSA) is 131 Å². The molecule has 0 spiro atoms. The molecular formula is C24H27N5O4. The minimum absolute atomic E-state index is 0.0229. The molecule has 1 saturated heterocycles. The van der Waals surface area contributed by atoms with Crippen LogP contribution in [0.1, 0.15) is 34.3 Å². The van der Waals surface area contributed by atoms with Crippen LogP contribution >= 0.6 is 0 Å². The minimum atomic E-state index is -0.531. The lowest BCUT2D eigenvalue weighted by molar-refractivity contribution is -0.130. The molecule has 9 heteroatoms. The van der Waals surface area contributed by atoms with E-state index < -0.39 is 17.6 Å². The maximum absolute atomic E-state index is 13.2. The fourth-order valence-corrected chi connectivity index (χ4v) is 3.95. The van der Waals surface area contributed by atoms with Gasteiger partial charge in [-0.15, -0.1) is 0 Å². The van der Waals surface area contributed by atoms with E-state index in [1.807, 2.05) is 31.2 Å². The number of nitrogens with two attached hydrogens (primary N) is 1. The number of aryl methyl sites for hydroxylation is 2. The zero-order valence-corrected chi connectivity index (χ0v) is 18.5. The highest BCUT2D eigenvalue weighted by Crippen LogP contribution is 2.16. The first-order chi connectivity index (χ1) is 15.8. The molecule has 1 aromatic carbocycles. The van der Waals surface area contributed by atoms with E-state index >= 15 is 0 Å². The molecule has 4 rings (SSSR count). The average Bonchev–Trinajstić information content (AvgIpc) is 3.24. The SMILES string of the molecule is Cc1ccc(CNC(=O)c2cc3ccc(N)nc3n(CCC(=O)N3CCC(O)C3)c2=O)cc1. The summed E-state index contributed by atoms with van der Waals surface area (Å²) in [5.41, 5.74) is 7.63. The van der Waals surface area contributed by atoms with Gasteiger partial charge in [0.25, 0.3) is 11.5 Å². The minimum Gasteiger partial charge on any atom is -0.391 e. The van der Waals surface area contributed by atoms with Gasteiger partial charge in [-0.25, -0.2) is 4.98 Å². The molecule has 0 bridgehead atoms. The molecule has 1 unspecified atom stereocenters. The number of β-amino-alcohol motifs (C(OH)–C–C–N with tert-alkyl or cyclic N) is 1. The highest BCUT2D eigenvalue weighted by Gasteiger charge is 2.25. The zero-order chi connectivity index (χ0) is 23.5. The molecule has 3 aromatic rings. The number of carbonyl (C=O) groups excluding carboxylic acids is 2. The fourth-order valence-electron chi connectivity index (χ4n) is 3.95. The van der Waals surface area contributed by atoms with E-state index in [9.17, 15) is 19.5 Å². The molecule has 1 atom stereocenters. The van der Waals surface area contributed by atoms with E-state index in [1.54, 1.807) is 17.0 Å². The number of amides is 2. The van der Waals surface area contributed by atoms with Gasteiger partial charge in [0.2, 0.25) is 5.91 Å². The summed E-state index contributed by atoms with van der Waals surface area (Å²) in [6.07, 6.45) is 0.0789. The highest BCUT2D eigenvalue weighted by atomic mass is 16.3. The molecule has 1 aliphatic rings. The summed E-state index contributed by atoms with van der Waals surface area (Å²) >= 11 is 0. The largest absolute Gasteiger partial charge is 0.391 e. The number of aromatic nitrogens is 2. The average molecular weight is 450 g/mol. The summed E-state index contributed by atoms with van der Waals surface area (Å²) in [6.45, 7) is 3.10. The van der Waals surface area contributed by atoms with Gasteiger partial charge in [-0.05, 0) is 37.1 Å². The molecule has 0 saturated carbocycles. The Kier molecular flexibility index (Phi) is 6.41. The van der Waals surface area contributed by atoms with E-state index in [4.69, 9.17) is 5.73 Å².